The predicted molar refractivity (Wildman–Crippen MR) is 76.2 cm³/mol. The van der Waals surface area contributed by atoms with Crippen LogP contribution in [0.3, 0.4) is 0 Å². The zero-order valence-corrected chi connectivity index (χ0v) is 12.3. The van der Waals surface area contributed by atoms with E-state index in [0.717, 1.165) is 6.04 Å². The minimum atomic E-state index is 0.350. The molecule has 1 saturated heterocycles. The Morgan fingerprint density at radius 1 is 1.29 bits per heavy atom. The molecule has 0 aromatic carbocycles. The zero-order chi connectivity index (χ0) is 12.9. The molecule has 17 heavy (non-hydrogen) atoms. The maximum Gasteiger partial charge on any atom is 0.0110 e. The van der Waals surface area contributed by atoms with E-state index in [1.54, 1.807) is 0 Å². The second-order valence-electron chi connectivity index (χ2n) is 7.06. The highest BCUT2D eigenvalue weighted by molar-refractivity contribution is 4.79. The van der Waals surface area contributed by atoms with Crippen molar-refractivity contribution in [3.05, 3.63) is 0 Å². The third-order valence-electron chi connectivity index (χ3n) is 3.77. The summed E-state index contributed by atoms with van der Waals surface area (Å²) in [6.45, 7) is 11.7. The first-order chi connectivity index (χ1) is 7.88. The van der Waals surface area contributed by atoms with Crippen LogP contribution in [0.5, 0.6) is 0 Å². The molecule has 0 saturated carbocycles. The molecule has 2 nitrogen and oxygen atoms in total. The lowest BCUT2D eigenvalue weighted by Crippen LogP contribution is -2.43. The van der Waals surface area contributed by atoms with Crippen LogP contribution in [0.2, 0.25) is 0 Å². The van der Waals surface area contributed by atoms with Crippen LogP contribution in [-0.2, 0) is 0 Å². The number of hydrogen-bond acceptors (Lipinski definition) is 2. The van der Waals surface area contributed by atoms with Crippen molar-refractivity contribution in [3.8, 4) is 0 Å². The van der Waals surface area contributed by atoms with Crippen LogP contribution in [0.4, 0.5) is 0 Å². The van der Waals surface area contributed by atoms with E-state index in [4.69, 9.17) is 5.73 Å². The van der Waals surface area contributed by atoms with E-state index in [-0.39, 0.29) is 0 Å². The topological polar surface area (TPSA) is 29.3 Å². The average molecular weight is 240 g/mol. The largest absolute Gasteiger partial charge is 0.328 e. The van der Waals surface area contributed by atoms with E-state index >= 15 is 0 Å². The SMILES string of the molecule is CC(N)CC1CCCCN1CCCC(C)(C)C. The molecule has 102 valence electrons. The van der Waals surface area contributed by atoms with Gasteiger partial charge in [-0.15, -0.1) is 0 Å². The summed E-state index contributed by atoms with van der Waals surface area (Å²) in [5.74, 6) is 0. The average Bonchev–Trinajstić information content (AvgIpc) is 2.18. The summed E-state index contributed by atoms with van der Waals surface area (Å²) in [4.78, 5) is 2.69. The van der Waals surface area contributed by atoms with Gasteiger partial charge in [0.1, 0.15) is 0 Å². The fourth-order valence-corrected chi connectivity index (χ4v) is 2.86. The lowest BCUT2D eigenvalue weighted by atomic mass is 9.90. The van der Waals surface area contributed by atoms with E-state index in [0.29, 0.717) is 11.5 Å². The molecule has 1 aliphatic rings. The van der Waals surface area contributed by atoms with Gasteiger partial charge in [-0.3, -0.25) is 0 Å². The monoisotopic (exact) mass is 240 g/mol. The van der Waals surface area contributed by atoms with Gasteiger partial charge in [-0.2, -0.15) is 0 Å². The number of hydrogen-bond donors (Lipinski definition) is 1. The summed E-state index contributed by atoms with van der Waals surface area (Å²) in [6, 6.07) is 1.10. The standard InChI is InChI=1S/C15H32N2/c1-13(16)12-14-8-5-6-10-17(14)11-7-9-15(2,3)4/h13-14H,5-12,16H2,1-4H3. The molecular formula is C15H32N2. The van der Waals surface area contributed by atoms with Gasteiger partial charge < -0.3 is 10.6 Å². The van der Waals surface area contributed by atoms with Crippen LogP contribution in [0.25, 0.3) is 0 Å². The molecule has 1 fully saturated rings. The predicted octanol–water partition coefficient (Wildman–Crippen LogP) is 3.40. The Kier molecular flexibility index (Phi) is 5.94. The molecule has 2 atom stereocenters. The van der Waals surface area contributed by atoms with Crippen LogP contribution >= 0.6 is 0 Å². The fraction of sp³-hybridized carbons (Fsp3) is 1.00. The quantitative estimate of drug-likeness (QED) is 0.798. The van der Waals surface area contributed by atoms with Crippen molar-refractivity contribution in [2.75, 3.05) is 13.1 Å². The highest BCUT2D eigenvalue weighted by atomic mass is 15.2. The lowest BCUT2D eigenvalue weighted by Gasteiger charge is -2.37. The first-order valence-corrected chi connectivity index (χ1v) is 7.38. The molecule has 2 unspecified atom stereocenters. The molecule has 0 aromatic rings. The second-order valence-corrected chi connectivity index (χ2v) is 7.06. The van der Waals surface area contributed by atoms with Gasteiger partial charge in [-0.05, 0) is 57.5 Å². The number of rotatable bonds is 5. The maximum absolute atomic E-state index is 5.96. The van der Waals surface area contributed by atoms with Crippen molar-refractivity contribution < 1.29 is 0 Å². The van der Waals surface area contributed by atoms with E-state index < -0.39 is 0 Å². The molecule has 1 heterocycles. The maximum atomic E-state index is 5.96. The Balaban J connectivity index is 2.32. The van der Waals surface area contributed by atoms with Crippen LogP contribution < -0.4 is 5.73 Å². The summed E-state index contributed by atoms with van der Waals surface area (Å²) in [5.41, 5.74) is 6.44. The van der Waals surface area contributed by atoms with Crippen molar-refractivity contribution in [2.45, 2.75) is 78.3 Å². The molecule has 0 aliphatic carbocycles. The summed E-state index contributed by atoms with van der Waals surface area (Å²) >= 11 is 0. The van der Waals surface area contributed by atoms with Gasteiger partial charge >= 0.3 is 0 Å². The number of piperidine rings is 1. The Morgan fingerprint density at radius 2 is 2.00 bits per heavy atom. The van der Waals surface area contributed by atoms with E-state index in [1.165, 1.54) is 51.6 Å². The van der Waals surface area contributed by atoms with Gasteiger partial charge in [0.05, 0.1) is 0 Å². The Bertz CT molecular complexity index is 205. The number of nitrogens with two attached hydrogens (primary N) is 1. The summed E-state index contributed by atoms with van der Waals surface area (Å²) in [7, 11) is 0. The van der Waals surface area contributed by atoms with Gasteiger partial charge in [0.25, 0.3) is 0 Å². The molecule has 0 amide bonds. The van der Waals surface area contributed by atoms with Crippen LogP contribution in [0, 0.1) is 5.41 Å². The van der Waals surface area contributed by atoms with Gasteiger partial charge in [0.15, 0.2) is 0 Å². The second kappa shape index (κ2) is 6.75. The first-order valence-electron chi connectivity index (χ1n) is 7.38. The summed E-state index contributed by atoms with van der Waals surface area (Å²) < 4.78 is 0. The Hall–Kier alpha value is -0.0800. The molecule has 0 bridgehead atoms. The van der Waals surface area contributed by atoms with Crippen molar-refractivity contribution in [1.82, 2.24) is 4.90 Å². The summed E-state index contributed by atoms with van der Waals surface area (Å²) in [6.07, 6.45) is 7.97. The minimum Gasteiger partial charge on any atom is -0.328 e. The highest BCUT2D eigenvalue weighted by Crippen LogP contribution is 2.24. The summed E-state index contributed by atoms with van der Waals surface area (Å²) in [5, 5.41) is 0. The van der Waals surface area contributed by atoms with Crippen LogP contribution in [0.15, 0.2) is 0 Å². The van der Waals surface area contributed by atoms with Gasteiger partial charge in [-0.25, -0.2) is 0 Å². The van der Waals surface area contributed by atoms with E-state index in [2.05, 4.69) is 32.6 Å². The first kappa shape index (κ1) is 15.0. The lowest BCUT2D eigenvalue weighted by molar-refractivity contribution is 0.128. The molecule has 2 heteroatoms. The van der Waals surface area contributed by atoms with Gasteiger partial charge in [0, 0.05) is 12.1 Å². The third-order valence-corrected chi connectivity index (χ3v) is 3.77. The van der Waals surface area contributed by atoms with Crippen LogP contribution in [0.1, 0.15) is 66.2 Å². The molecule has 2 N–H and O–H groups in total. The zero-order valence-electron chi connectivity index (χ0n) is 12.3. The van der Waals surface area contributed by atoms with E-state index in [1.807, 2.05) is 0 Å². The molecule has 1 rings (SSSR count). The molecule has 0 aromatic heterocycles. The molecule has 1 aliphatic heterocycles. The number of nitrogens with zero attached hydrogens (tertiary/aromatic N) is 1. The number of likely N-dealkylation sites (tertiary alicyclic amines) is 1. The normalized spacial score (nSPS) is 24.9. The van der Waals surface area contributed by atoms with Crippen molar-refractivity contribution >= 4 is 0 Å². The minimum absolute atomic E-state index is 0.350. The van der Waals surface area contributed by atoms with Crippen molar-refractivity contribution in [2.24, 2.45) is 11.1 Å². The molecule has 0 radical (unpaired) electrons. The van der Waals surface area contributed by atoms with Crippen molar-refractivity contribution in [1.29, 1.82) is 0 Å². The Morgan fingerprint density at radius 3 is 2.59 bits per heavy atom. The third kappa shape index (κ3) is 6.42. The molecular weight excluding hydrogens is 208 g/mol. The van der Waals surface area contributed by atoms with Gasteiger partial charge in [0.2, 0.25) is 0 Å². The highest BCUT2D eigenvalue weighted by Gasteiger charge is 2.23. The van der Waals surface area contributed by atoms with Crippen molar-refractivity contribution in [3.63, 3.8) is 0 Å². The smallest absolute Gasteiger partial charge is 0.0110 e. The molecule has 0 spiro atoms. The van der Waals surface area contributed by atoms with E-state index in [9.17, 15) is 0 Å². The Labute approximate surface area is 108 Å². The fourth-order valence-electron chi connectivity index (χ4n) is 2.86. The van der Waals surface area contributed by atoms with Gasteiger partial charge in [-0.1, -0.05) is 27.2 Å². The van der Waals surface area contributed by atoms with Crippen LogP contribution in [-0.4, -0.2) is 30.1 Å².